The highest BCUT2D eigenvalue weighted by molar-refractivity contribution is 6.87. The van der Waals surface area contributed by atoms with E-state index in [1.165, 1.54) is 0 Å². The van der Waals surface area contributed by atoms with Gasteiger partial charge in [0, 0.05) is 0 Å². The van der Waals surface area contributed by atoms with E-state index < -0.39 is 28.4 Å². The van der Waals surface area contributed by atoms with Crippen molar-refractivity contribution in [1.82, 2.24) is 5.32 Å². The van der Waals surface area contributed by atoms with Crippen molar-refractivity contribution in [2.75, 3.05) is 9.13 Å². The van der Waals surface area contributed by atoms with E-state index in [-0.39, 0.29) is 10.1 Å². The van der Waals surface area contributed by atoms with Gasteiger partial charge in [0.05, 0.1) is 11.4 Å². The van der Waals surface area contributed by atoms with Gasteiger partial charge in [-0.3, -0.25) is 5.32 Å². The molecule has 0 spiro atoms. The SMILES string of the molecule is CC1(NC(=O)O)N([Si](C)(C)C(C)(C)C)c2ccccc2N1[Si](C)(C)C(C)(C)C. The number of nitrogens with one attached hydrogen (secondary N) is 1. The maximum atomic E-state index is 12.0. The first-order chi connectivity index (χ1) is 12.4. The van der Waals surface area contributed by atoms with Gasteiger partial charge in [0.1, 0.15) is 0 Å². The van der Waals surface area contributed by atoms with Gasteiger partial charge in [0.15, 0.2) is 22.3 Å². The first-order valence-corrected chi connectivity index (χ1v) is 16.0. The average Bonchev–Trinajstić information content (AvgIpc) is 2.71. The fourth-order valence-corrected chi connectivity index (χ4v) is 9.60. The van der Waals surface area contributed by atoms with Crippen molar-refractivity contribution in [2.45, 2.75) is 90.5 Å². The Kier molecular flexibility index (Phi) is 5.31. The highest BCUT2D eigenvalue weighted by Crippen LogP contribution is 2.56. The molecular weight excluding hydrogens is 382 g/mol. The molecule has 0 bridgehead atoms. The van der Waals surface area contributed by atoms with Crippen LogP contribution in [-0.2, 0) is 0 Å². The Morgan fingerprint density at radius 2 is 1.21 bits per heavy atom. The fourth-order valence-electron chi connectivity index (χ4n) is 4.09. The van der Waals surface area contributed by atoms with Gasteiger partial charge in [0.2, 0.25) is 0 Å². The molecule has 1 amide bonds. The molecule has 1 aliphatic heterocycles. The summed E-state index contributed by atoms with van der Waals surface area (Å²) in [7, 11) is -4.23. The lowest BCUT2D eigenvalue weighted by molar-refractivity contribution is 0.182. The topological polar surface area (TPSA) is 55.8 Å². The van der Waals surface area contributed by atoms with Crippen LogP contribution in [0, 0.1) is 0 Å². The Hall–Kier alpha value is -1.48. The normalized spacial score (nSPS) is 17.5. The molecule has 0 saturated heterocycles. The number of carboxylic acid groups (broad SMARTS) is 1. The van der Waals surface area contributed by atoms with Gasteiger partial charge in [-0.2, -0.15) is 0 Å². The Bertz CT molecular complexity index is 711. The largest absolute Gasteiger partial charge is 0.465 e. The molecule has 1 heterocycles. The minimum atomic E-state index is -2.12. The third kappa shape index (κ3) is 3.26. The van der Waals surface area contributed by atoms with E-state index in [1.54, 1.807) is 0 Å². The maximum Gasteiger partial charge on any atom is 0.407 e. The molecule has 0 fully saturated rings. The van der Waals surface area contributed by atoms with Crippen LogP contribution in [-0.4, -0.2) is 33.5 Å². The van der Waals surface area contributed by atoms with Crippen LogP contribution in [0.1, 0.15) is 48.5 Å². The molecule has 2 N–H and O–H groups in total. The van der Waals surface area contributed by atoms with E-state index in [4.69, 9.17) is 0 Å². The second-order valence-corrected chi connectivity index (χ2v) is 21.4. The molecular formula is C21H39N3O2Si2. The van der Waals surface area contributed by atoms with Crippen LogP contribution in [0.5, 0.6) is 0 Å². The van der Waals surface area contributed by atoms with E-state index in [2.05, 4.69) is 113 Å². The minimum Gasteiger partial charge on any atom is -0.465 e. The number of para-hydroxylation sites is 2. The van der Waals surface area contributed by atoms with Crippen LogP contribution in [0.4, 0.5) is 16.2 Å². The number of fused-ring (bicyclic) bond motifs is 1. The summed E-state index contributed by atoms with van der Waals surface area (Å²) in [5.41, 5.74) is 2.30. The summed E-state index contributed by atoms with van der Waals surface area (Å²) in [5.74, 6) is -0.818. The molecule has 0 atom stereocenters. The molecule has 0 radical (unpaired) electrons. The summed E-state index contributed by atoms with van der Waals surface area (Å²) in [6.45, 7) is 25.1. The Morgan fingerprint density at radius 1 is 0.893 bits per heavy atom. The number of hydrogen-bond donors (Lipinski definition) is 2. The summed E-state index contributed by atoms with van der Waals surface area (Å²) in [6, 6.07) is 8.44. The van der Waals surface area contributed by atoms with Crippen molar-refractivity contribution >= 4 is 33.9 Å². The Labute approximate surface area is 173 Å². The first-order valence-electron chi connectivity index (χ1n) is 10.1. The van der Waals surface area contributed by atoms with Crippen molar-refractivity contribution in [3.05, 3.63) is 24.3 Å². The summed E-state index contributed by atoms with van der Waals surface area (Å²) in [4.78, 5) is 12.0. The number of anilines is 2. The van der Waals surface area contributed by atoms with Gasteiger partial charge in [-0.25, -0.2) is 4.79 Å². The lowest BCUT2D eigenvalue weighted by Gasteiger charge is -2.58. The molecule has 0 aliphatic carbocycles. The second-order valence-electron chi connectivity index (χ2n) is 11.2. The molecule has 0 unspecified atom stereocenters. The van der Waals surface area contributed by atoms with Gasteiger partial charge >= 0.3 is 6.09 Å². The molecule has 1 aromatic carbocycles. The number of carbonyl (C=O) groups is 1. The van der Waals surface area contributed by atoms with Crippen molar-refractivity contribution in [1.29, 1.82) is 0 Å². The van der Waals surface area contributed by atoms with Gasteiger partial charge < -0.3 is 14.2 Å². The van der Waals surface area contributed by atoms with Crippen molar-refractivity contribution in [3.63, 3.8) is 0 Å². The van der Waals surface area contributed by atoms with E-state index in [9.17, 15) is 9.90 Å². The molecule has 7 heteroatoms. The monoisotopic (exact) mass is 421 g/mol. The highest BCUT2D eigenvalue weighted by atomic mass is 28.3. The number of nitrogens with zero attached hydrogens (tertiary/aromatic N) is 2. The van der Waals surface area contributed by atoms with Gasteiger partial charge in [-0.1, -0.05) is 79.9 Å². The molecule has 5 nitrogen and oxygen atoms in total. The second kappa shape index (κ2) is 6.52. The smallest absolute Gasteiger partial charge is 0.407 e. The summed E-state index contributed by atoms with van der Waals surface area (Å²) < 4.78 is 4.87. The Morgan fingerprint density at radius 3 is 1.46 bits per heavy atom. The van der Waals surface area contributed by atoms with Crippen LogP contribution >= 0.6 is 0 Å². The lowest BCUT2D eigenvalue weighted by Crippen LogP contribution is -2.78. The van der Waals surface area contributed by atoms with Crippen LogP contribution in [0.2, 0.25) is 36.3 Å². The number of rotatable bonds is 3. The van der Waals surface area contributed by atoms with Crippen LogP contribution in [0.25, 0.3) is 0 Å². The van der Waals surface area contributed by atoms with Crippen LogP contribution in [0.3, 0.4) is 0 Å². The standard InChI is InChI=1S/C21H39N3O2Si2/c1-19(2,3)27(8,9)23-16-14-12-13-15-17(16)24(21(23,7)22-18(25)26)28(10,11)20(4,5)6/h12-15,22H,1-11H3,(H,25,26). The van der Waals surface area contributed by atoms with Crippen LogP contribution in [0.15, 0.2) is 24.3 Å². The average molecular weight is 422 g/mol. The van der Waals surface area contributed by atoms with Crippen LogP contribution < -0.4 is 14.4 Å². The highest BCUT2D eigenvalue weighted by Gasteiger charge is 2.61. The zero-order valence-corrected chi connectivity index (χ0v) is 21.6. The molecule has 0 saturated carbocycles. The number of benzene rings is 1. The molecule has 2 rings (SSSR count). The quantitative estimate of drug-likeness (QED) is 0.565. The zero-order chi connectivity index (χ0) is 21.9. The lowest BCUT2D eigenvalue weighted by atomic mass is 10.2. The van der Waals surface area contributed by atoms with Gasteiger partial charge in [-0.05, 0) is 29.1 Å². The minimum absolute atomic E-state index is 0.0605. The maximum absolute atomic E-state index is 12.0. The third-order valence-corrected chi connectivity index (χ3v) is 18.3. The Balaban J connectivity index is 2.89. The third-order valence-electron chi connectivity index (χ3n) is 7.37. The fraction of sp³-hybridized carbons (Fsp3) is 0.667. The van der Waals surface area contributed by atoms with E-state index in [0.717, 1.165) is 11.4 Å². The van der Waals surface area contributed by atoms with Crippen molar-refractivity contribution in [3.8, 4) is 0 Å². The molecule has 28 heavy (non-hydrogen) atoms. The predicted octanol–water partition coefficient (Wildman–Crippen LogP) is 6.26. The van der Waals surface area contributed by atoms with Gasteiger partial charge in [0.25, 0.3) is 0 Å². The van der Waals surface area contributed by atoms with Gasteiger partial charge in [-0.15, -0.1) is 0 Å². The van der Waals surface area contributed by atoms with E-state index in [0.29, 0.717) is 0 Å². The van der Waals surface area contributed by atoms with E-state index >= 15 is 0 Å². The first kappa shape index (κ1) is 22.8. The van der Waals surface area contributed by atoms with E-state index in [1.807, 2.05) is 0 Å². The molecule has 0 aromatic heterocycles. The predicted molar refractivity (Wildman–Crippen MR) is 125 cm³/mol. The number of hydrogen-bond acceptors (Lipinski definition) is 3. The molecule has 158 valence electrons. The zero-order valence-electron chi connectivity index (χ0n) is 19.6. The summed E-state index contributed by atoms with van der Waals surface area (Å²) in [6.07, 6.45) is -0.984. The molecule has 1 aliphatic rings. The number of amides is 1. The van der Waals surface area contributed by atoms with Crippen molar-refractivity contribution < 1.29 is 9.90 Å². The summed E-state index contributed by atoms with van der Waals surface area (Å²) >= 11 is 0. The summed E-state index contributed by atoms with van der Waals surface area (Å²) in [5, 5.41) is 12.9. The molecule has 1 aromatic rings. The van der Waals surface area contributed by atoms with Crippen molar-refractivity contribution in [2.24, 2.45) is 0 Å².